The number of hydrogen-bond donors (Lipinski definition) is 0. The molecule has 0 N–H and O–H groups in total. The number of rotatable bonds is 4. The molecule has 0 fully saturated rings. The quantitative estimate of drug-likeness (QED) is 0.332. The molecule has 0 heterocycles. The summed E-state index contributed by atoms with van der Waals surface area (Å²) in [7, 11) is -5.94. The third-order valence-corrected chi connectivity index (χ3v) is 2.20. The van der Waals surface area contributed by atoms with Crippen molar-refractivity contribution in [3.8, 4) is 0 Å². The Labute approximate surface area is 101 Å². The predicted octanol–water partition coefficient (Wildman–Crippen LogP) is -1.90. The van der Waals surface area contributed by atoms with Crippen molar-refractivity contribution in [1.29, 1.82) is 0 Å². The SMILES string of the molecule is O=S(=O)([O-])C(F)(F)C(F)CCCl.[Na+]. The van der Waals surface area contributed by atoms with Crippen molar-refractivity contribution in [2.24, 2.45) is 0 Å². The molecular formula is C4H5ClF3NaO3S. The van der Waals surface area contributed by atoms with E-state index in [0.29, 0.717) is 0 Å². The Bertz CT molecular complexity index is 245. The molecule has 0 aromatic rings. The zero-order valence-electron chi connectivity index (χ0n) is 6.64. The van der Waals surface area contributed by atoms with E-state index in [1.54, 1.807) is 0 Å². The van der Waals surface area contributed by atoms with E-state index in [1.807, 2.05) is 0 Å². The van der Waals surface area contributed by atoms with Crippen LogP contribution in [-0.4, -0.2) is 30.3 Å². The van der Waals surface area contributed by atoms with Crippen LogP contribution in [0.2, 0.25) is 0 Å². The molecule has 0 spiro atoms. The second-order valence-corrected chi connectivity index (χ2v) is 3.79. The molecule has 0 aliphatic carbocycles. The minimum atomic E-state index is -5.94. The van der Waals surface area contributed by atoms with Gasteiger partial charge in [0.25, 0.3) is 0 Å². The molecule has 3 nitrogen and oxygen atoms in total. The molecule has 0 bridgehead atoms. The topological polar surface area (TPSA) is 57.2 Å². The van der Waals surface area contributed by atoms with Gasteiger partial charge in [-0.1, -0.05) is 0 Å². The van der Waals surface area contributed by atoms with E-state index in [-0.39, 0.29) is 29.6 Å². The molecule has 0 amide bonds. The fourth-order valence-electron chi connectivity index (χ4n) is 0.420. The van der Waals surface area contributed by atoms with Gasteiger partial charge in [-0.2, -0.15) is 8.78 Å². The van der Waals surface area contributed by atoms with E-state index in [9.17, 15) is 26.1 Å². The van der Waals surface area contributed by atoms with E-state index in [1.165, 1.54) is 0 Å². The molecule has 0 saturated carbocycles. The summed E-state index contributed by atoms with van der Waals surface area (Å²) in [4.78, 5) is 0. The van der Waals surface area contributed by atoms with Gasteiger partial charge in [-0.25, -0.2) is 12.8 Å². The Morgan fingerprint density at radius 2 is 1.85 bits per heavy atom. The van der Waals surface area contributed by atoms with Crippen molar-refractivity contribution in [3.63, 3.8) is 0 Å². The minimum absolute atomic E-state index is 0. The normalized spacial score (nSPS) is 14.8. The van der Waals surface area contributed by atoms with Crippen LogP contribution in [0.15, 0.2) is 0 Å². The molecule has 1 unspecified atom stereocenters. The maximum atomic E-state index is 12.3. The number of hydrogen-bond acceptors (Lipinski definition) is 3. The van der Waals surface area contributed by atoms with Gasteiger partial charge in [0.2, 0.25) is 0 Å². The summed E-state index contributed by atoms with van der Waals surface area (Å²) in [6.45, 7) is 0. The Hall–Kier alpha value is 0.990. The van der Waals surface area contributed by atoms with Crippen molar-refractivity contribution in [2.75, 3.05) is 5.88 Å². The zero-order valence-corrected chi connectivity index (χ0v) is 10.2. The van der Waals surface area contributed by atoms with Crippen LogP contribution in [0.4, 0.5) is 13.2 Å². The maximum absolute atomic E-state index is 12.3. The van der Waals surface area contributed by atoms with Crippen LogP contribution in [0.3, 0.4) is 0 Å². The van der Waals surface area contributed by atoms with Crippen LogP contribution in [0.5, 0.6) is 0 Å². The van der Waals surface area contributed by atoms with Gasteiger partial charge in [-0.05, 0) is 6.42 Å². The molecule has 0 rings (SSSR count). The third kappa shape index (κ3) is 4.35. The largest absolute Gasteiger partial charge is 1.00 e. The first-order valence-corrected chi connectivity index (χ1v) is 4.71. The van der Waals surface area contributed by atoms with Crippen LogP contribution >= 0.6 is 11.6 Å². The summed E-state index contributed by atoms with van der Waals surface area (Å²) in [6.07, 6.45) is -3.92. The van der Waals surface area contributed by atoms with Gasteiger partial charge in [0.05, 0.1) is 0 Å². The van der Waals surface area contributed by atoms with Gasteiger partial charge in [-0.15, -0.1) is 11.6 Å². The first-order valence-electron chi connectivity index (χ1n) is 2.76. The summed E-state index contributed by atoms with van der Waals surface area (Å²) >= 11 is 4.88. The molecule has 0 aliphatic rings. The Balaban J connectivity index is 0. The molecule has 0 saturated heterocycles. The summed E-state index contributed by atoms with van der Waals surface area (Å²) in [5, 5.41) is -4.89. The Morgan fingerprint density at radius 1 is 1.46 bits per heavy atom. The standard InChI is InChI=1S/C4H6ClF3O3S.Na/c5-2-1-3(6)4(7,8)12(9,10)11;/h3H,1-2H2,(H,9,10,11);/q;+1/p-1. The fourth-order valence-corrected chi connectivity index (χ4v) is 1.04. The monoisotopic (exact) mass is 248 g/mol. The van der Waals surface area contributed by atoms with Gasteiger partial charge < -0.3 is 4.55 Å². The van der Waals surface area contributed by atoms with E-state index < -0.39 is 33.8 Å². The van der Waals surface area contributed by atoms with Crippen molar-refractivity contribution in [3.05, 3.63) is 0 Å². The van der Waals surface area contributed by atoms with Crippen molar-refractivity contribution in [1.82, 2.24) is 0 Å². The van der Waals surface area contributed by atoms with Gasteiger partial charge >= 0.3 is 34.8 Å². The molecular weight excluding hydrogens is 244 g/mol. The number of halogens is 4. The van der Waals surface area contributed by atoms with Crippen LogP contribution in [0, 0.1) is 0 Å². The average molecular weight is 249 g/mol. The van der Waals surface area contributed by atoms with Gasteiger partial charge in [0.15, 0.2) is 16.3 Å². The van der Waals surface area contributed by atoms with Gasteiger partial charge in [-0.3, -0.25) is 0 Å². The summed E-state index contributed by atoms with van der Waals surface area (Å²) in [6, 6.07) is 0. The van der Waals surface area contributed by atoms with E-state index in [0.717, 1.165) is 0 Å². The molecule has 0 aromatic carbocycles. The van der Waals surface area contributed by atoms with Crippen molar-refractivity contribution < 1.29 is 55.7 Å². The molecule has 0 radical (unpaired) electrons. The van der Waals surface area contributed by atoms with E-state index in [4.69, 9.17) is 11.6 Å². The van der Waals surface area contributed by atoms with Gasteiger partial charge in [0.1, 0.15) is 0 Å². The predicted molar refractivity (Wildman–Crippen MR) is 34.9 cm³/mol. The second kappa shape index (κ2) is 5.77. The number of alkyl halides is 4. The molecule has 13 heavy (non-hydrogen) atoms. The Kier molecular flexibility index (Phi) is 7.29. The summed E-state index contributed by atoms with van der Waals surface area (Å²) in [5.74, 6) is -0.480. The minimum Gasteiger partial charge on any atom is -0.743 e. The molecule has 1 atom stereocenters. The maximum Gasteiger partial charge on any atom is 1.00 e. The van der Waals surface area contributed by atoms with E-state index in [2.05, 4.69) is 0 Å². The van der Waals surface area contributed by atoms with Crippen molar-refractivity contribution in [2.45, 2.75) is 17.8 Å². The van der Waals surface area contributed by atoms with Crippen LogP contribution in [0.25, 0.3) is 0 Å². The van der Waals surface area contributed by atoms with Crippen LogP contribution < -0.4 is 29.6 Å². The molecule has 0 aromatic heterocycles. The zero-order chi connectivity index (χ0) is 9.99. The third-order valence-electron chi connectivity index (χ3n) is 1.06. The molecule has 0 aliphatic heterocycles. The second-order valence-electron chi connectivity index (χ2n) is 1.96. The van der Waals surface area contributed by atoms with E-state index >= 15 is 0 Å². The van der Waals surface area contributed by atoms with Gasteiger partial charge in [0, 0.05) is 5.88 Å². The average Bonchev–Trinajstić information content (AvgIpc) is 1.85. The first-order chi connectivity index (χ1) is 5.23. The summed E-state index contributed by atoms with van der Waals surface area (Å²) < 4.78 is 66.0. The molecule has 9 heteroatoms. The summed E-state index contributed by atoms with van der Waals surface area (Å²) in [5.41, 5.74) is 0. The smallest absolute Gasteiger partial charge is 0.743 e. The first kappa shape index (κ1) is 16.4. The van der Waals surface area contributed by atoms with Crippen molar-refractivity contribution >= 4 is 21.7 Å². The van der Waals surface area contributed by atoms with Crippen LogP contribution in [0.1, 0.15) is 6.42 Å². The molecule has 74 valence electrons. The fraction of sp³-hybridized carbons (Fsp3) is 1.00. The Morgan fingerprint density at radius 3 is 2.08 bits per heavy atom. The van der Waals surface area contributed by atoms with Crippen LogP contribution in [-0.2, 0) is 10.1 Å².